The van der Waals surface area contributed by atoms with Gasteiger partial charge in [-0.05, 0) is 56.5 Å². The van der Waals surface area contributed by atoms with Gasteiger partial charge < -0.3 is 14.8 Å². The van der Waals surface area contributed by atoms with Crippen molar-refractivity contribution in [2.45, 2.75) is 32.7 Å². The highest BCUT2D eigenvalue weighted by Crippen LogP contribution is 2.34. The highest BCUT2D eigenvalue weighted by Gasteiger charge is 2.15. The first-order chi connectivity index (χ1) is 10.2. The molecular weight excluding hydrogens is 266 g/mol. The Hall–Kier alpha value is -2.01. The maximum atomic E-state index is 5.42. The van der Waals surface area contributed by atoms with Crippen molar-refractivity contribution in [2.24, 2.45) is 0 Å². The number of rotatable bonds is 6. The first-order valence-corrected chi connectivity index (χ1v) is 7.36. The molecule has 1 atom stereocenters. The average Bonchev–Trinajstić information content (AvgIpc) is 3.11. The number of fused-ring (bicyclic) bond motifs is 1. The molecule has 0 spiro atoms. The number of benzene rings is 1. The molecule has 1 aromatic heterocycles. The Labute approximate surface area is 124 Å². The van der Waals surface area contributed by atoms with Crippen LogP contribution in [0.3, 0.4) is 0 Å². The Morgan fingerprint density at radius 1 is 1.33 bits per heavy atom. The number of aryl methyl sites for hydroxylation is 2. The van der Waals surface area contributed by atoms with Crippen molar-refractivity contribution in [1.29, 1.82) is 0 Å². The maximum absolute atomic E-state index is 5.42. The van der Waals surface area contributed by atoms with E-state index < -0.39 is 0 Å². The fourth-order valence-electron chi connectivity index (χ4n) is 2.53. The van der Waals surface area contributed by atoms with Gasteiger partial charge in [-0.2, -0.15) is 5.10 Å². The van der Waals surface area contributed by atoms with Gasteiger partial charge in [0.15, 0.2) is 11.5 Å². The molecule has 0 fully saturated rings. The molecule has 0 saturated heterocycles. The largest absolute Gasteiger partial charge is 0.454 e. The fraction of sp³-hybridized carbons (Fsp3) is 0.438. The van der Waals surface area contributed by atoms with Crippen molar-refractivity contribution in [1.82, 2.24) is 15.5 Å². The lowest BCUT2D eigenvalue weighted by molar-refractivity contribution is 0.174. The van der Waals surface area contributed by atoms with Gasteiger partial charge in [-0.25, -0.2) is 0 Å². The van der Waals surface area contributed by atoms with Gasteiger partial charge in [0.2, 0.25) is 6.79 Å². The smallest absolute Gasteiger partial charge is 0.231 e. The molecule has 2 aromatic rings. The number of aromatic amines is 1. The summed E-state index contributed by atoms with van der Waals surface area (Å²) in [6.07, 6.45) is 4.05. The van der Waals surface area contributed by atoms with Crippen molar-refractivity contribution < 1.29 is 9.47 Å². The summed E-state index contributed by atoms with van der Waals surface area (Å²) in [5, 5.41) is 10.6. The summed E-state index contributed by atoms with van der Waals surface area (Å²) < 4.78 is 10.7. The molecule has 2 N–H and O–H groups in total. The fourth-order valence-corrected chi connectivity index (χ4v) is 2.53. The van der Waals surface area contributed by atoms with Crippen LogP contribution in [-0.4, -0.2) is 23.5 Å². The van der Waals surface area contributed by atoms with Crippen LogP contribution in [0.15, 0.2) is 24.4 Å². The highest BCUT2D eigenvalue weighted by molar-refractivity contribution is 5.45. The van der Waals surface area contributed by atoms with Gasteiger partial charge >= 0.3 is 0 Å². The Kier molecular flexibility index (Phi) is 4.10. The van der Waals surface area contributed by atoms with Gasteiger partial charge in [-0.15, -0.1) is 0 Å². The van der Waals surface area contributed by atoms with E-state index in [0.29, 0.717) is 12.8 Å². The van der Waals surface area contributed by atoms with Gasteiger partial charge in [0.1, 0.15) is 0 Å². The molecule has 5 nitrogen and oxygen atoms in total. The Morgan fingerprint density at radius 2 is 2.19 bits per heavy atom. The van der Waals surface area contributed by atoms with E-state index in [4.69, 9.17) is 9.47 Å². The van der Waals surface area contributed by atoms with Crippen LogP contribution in [0.2, 0.25) is 0 Å². The average molecular weight is 287 g/mol. The van der Waals surface area contributed by atoms with Crippen LogP contribution in [0.5, 0.6) is 11.5 Å². The van der Waals surface area contributed by atoms with Crippen LogP contribution in [-0.2, 0) is 6.42 Å². The van der Waals surface area contributed by atoms with Crippen LogP contribution >= 0.6 is 0 Å². The SMILES string of the molecule is Cc1[nH]ncc1CCCNC(C)c1ccc2c(c1)OCO2. The molecule has 1 aliphatic rings. The lowest BCUT2D eigenvalue weighted by Crippen LogP contribution is -2.20. The van der Waals surface area contributed by atoms with Gasteiger partial charge in [0, 0.05) is 11.7 Å². The van der Waals surface area contributed by atoms with E-state index in [1.54, 1.807) is 0 Å². The number of ether oxygens (including phenoxy) is 2. The third-order valence-corrected chi connectivity index (χ3v) is 3.90. The van der Waals surface area contributed by atoms with Gasteiger partial charge in [0.25, 0.3) is 0 Å². The molecule has 1 aliphatic heterocycles. The number of H-pyrrole nitrogens is 1. The Balaban J connectivity index is 1.48. The minimum atomic E-state index is 0.296. The van der Waals surface area contributed by atoms with E-state index in [-0.39, 0.29) is 0 Å². The monoisotopic (exact) mass is 287 g/mol. The standard InChI is InChI=1S/C16H21N3O2/c1-11(13-5-6-15-16(8-13)21-10-20-15)17-7-3-4-14-9-18-19-12(14)2/h5-6,8-9,11,17H,3-4,7,10H2,1-2H3,(H,18,19). The number of aromatic nitrogens is 2. The second-order valence-electron chi connectivity index (χ2n) is 5.41. The van der Waals surface area contributed by atoms with Crippen LogP contribution in [0.1, 0.15) is 36.2 Å². The lowest BCUT2D eigenvalue weighted by atomic mass is 10.1. The highest BCUT2D eigenvalue weighted by atomic mass is 16.7. The molecule has 112 valence electrons. The summed E-state index contributed by atoms with van der Waals surface area (Å²) in [6.45, 7) is 5.52. The minimum Gasteiger partial charge on any atom is -0.454 e. The van der Waals surface area contributed by atoms with E-state index in [2.05, 4.69) is 41.5 Å². The number of hydrogen-bond donors (Lipinski definition) is 2. The molecule has 3 rings (SSSR count). The summed E-state index contributed by atoms with van der Waals surface area (Å²) in [7, 11) is 0. The van der Waals surface area contributed by atoms with Gasteiger partial charge in [0.05, 0.1) is 6.20 Å². The zero-order chi connectivity index (χ0) is 14.7. The first-order valence-electron chi connectivity index (χ1n) is 7.36. The second-order valence-corrected chi connectivity index (χ2v) is 5.41. The number of hydrogen-bond acceptors (Lipinski definition) is 4. The molecule has 5 heteroatoms. The van der Waals surface area contributed by atoms with Crippen molar-refractivity contribution >= 4 is 0 Å². The zero-order valence-corrected chi connectivity index (χ0v) is 12.5. The van der Waals surface area contributed by atoms with Crippen LogP contribution in [0.4, 0.5) is 0 Å². The molecule has 2 heterocycles. The summed E-state index contributed by atoms with van der Waals surface area (Å²) in [5.41, 5.74) is 3.69. The molecule has 0 amide bonds. The second kappa shape index (κ2) is 6.18. The van der Waals surface area contributed by atoms with Crippen LogP contribution < -0.4 is 14.8 Å². The van der Waals surface area contributed by atoms with Gasteiger partial charge in [-0.1, -0.05) is 6.07 Å². The molecule has 0 aliphatic carbocycles. The molecule has 0 saturated carbocycles. The molecule has 1 aromatic carbocycles. The number of nitrogens with one attached hydrogen (secondary N) is 2. The predicted molar refractivity (Wildman–Crippen MR) is 80.6 cm³/mol. The van der Waals surface area contributed by atoms with Crippen LogP contribution in [0.25, 0.3) is 0 Å². The zero-order valence-electron chi connectivity index (χ0n) is 12.5. The number of nitrogens with zero attached hydrogens (tertiary/aromatic N) is 1. The van der Waals surface area contributed by atoms with E-state index in [1.807, 2.05) is 12.3 Å². The normalized spacial score (nSPS) is 14.4. The van der Waals surface area contributed by atoms with E-state index >= 15 is 0 Å². The Bertz CT molecular complexity index is 609. The third kappa shape index (κ3) is 3.19. The van der Waals surface area contributed by atoms with Crippen molar-refractivity contribution in [3.8, 4) is 11.5 Å². The quantitative estimate of drug-likeness (QED) is 0.802. The predicted octanol–water partition coefficient (Wildman–Crippen LogP) is 2.73. The lowest BCUT2D eigenvalue weighted by Gasteiger charge is -2.14. The van der Waals surface area contributed by atoms with E-state index in [9.17, 15) is 0 Å². The molecule has 0 radical (unpaired) electrons. The van der Waals surface area contributed by atoms with Crippen molar-refractivity contribution in [3.05, 3.63) is 41.2 Å². The third-order valence-electron chi connectivity index (χ3n) is 3.90. The molecular formula is C16H21N3O2. The molecule has 1 unspecified atom stereocenters. The van der Waals surface area contributed by atoms with Crippen molar-refractivity contribution in [3.63, 3.8) is 0 Å². The summed E-state index contributed by atoms with van der Waals surface area (Å²) in [6, 6.07) is 6.42. The van der Waals surface area contributed by atoms with Crippen LogP contribution in [0, 0.1) is 6.92 Å². The van der Waals surface area contributed by atoms with E-state index in [0.717, 1.165) is 30.9 Å². The minimum absolute atomic E-state index is 0.296. The summed E-state index contributed by atoms with van der Waals surface area (Å²) in [4.78, 5) is 0. The Morgan fingerprint density at radius 3 is 3.00 bits per heavy atom. The maximum Gasteiger partial charge on any atom is 0.231 e. The topological polar surface area (TPSA) is 59.2 Å². The van der Waals surface area contributed by atoms with E-state index in [1.165, 1.54) is 16.8 Å². The summed E-state index contributed by atoms with van der Waals surface area (Å²) >= 11 is 0. The molecule has 21 heavy (non-hydrogen) atoms. The van der Waals surface area contributed by atoms with Gasteiger partial charge in [-0.3, -0.25) is 5.10 Å². The van der Waals surface area contributed by atoms with Crippen molar-refractivity contribution in [2.75, 3.05) is 13.3 Å². The molecule has 0 bridgehead atoms. The first kappa shape index (κ1) is 13.9. The summed E-state index contributed by atoms with van der Waals surface area (Å²) in [5.74, 6) is 1.68.